The summed E-state index contributed by atoms with van der Waals surface area (Å²) < 4.78 is 8.98. The van der Waals surface area contributed by atoms with Crippen LogP contribution < -0.4 is 5.32 Å². The smallest absolute Gasteiger partial charge is 0.269 e. The maximum atomic E-state index is 12.4. The highest BCUT2D eigenvalue weighted by molar-refractivity contribution is 5.93. The normalized spacial score (nSPS) is 17.7. The van der Waals surface area contributed by atoms with Crippen LogP contribution in [0.15, 0.2) is 6.07 Å². The average molecular weight is 317 g/mol. The van der Waals surface area contributed by atoms with Gasteiger partial charge in [0.05, 0.1) is 17.5 Å². The minimum Gasteiger partial charge on any atom is -0.376 e. The van der Waals surface area contributed by atoms with E-state index in [4.69, 9.17) is 4.74 Å². The monoisotopic (exact) mass is 317 g/mol. The minimum atomic E-state index is -0.124. The molecule has 7 heteroatoms. The molecule has 3 heterocycles. The highest BCUT2D eigenvalue weighted by atomic mass is 16.5. The van der Waals surface area contributed by atoms with E-state index in [1.54, 1.807) is 11.7 Å². The standard InChI is InChI=1S/C16H23N5O2/c1-10-15(11(2)20(3)18-10)13-8-14(21(4)19-13)16(22)17-9-12-6-5-7-23-12/h8,12H,5-7,9H2,1-4H3,(H,17,22)/t12-/m0/s1. The molecule has 1 atom stereocenters. The van der Waals surface area contributed by atoms with Crippen molar-refractivity contribution in [3.63, 3.8) is 0 Å². The Morgan fingerprint density at radius 3 is 2.74 bits per heavy atom. The Bertz CT molecular complexity index is 725. The van der Waals surface area contributed by atoms with Gasteiger partial charge in [0.15, 0.2) is 0 Å². The third-order valence-electron chi connectivity index (χ3n) is 4.39. The number of nitrogens with one attached hydrogen (secondary N) is 1. The number of hydrogen-bond acceptors (Lipinski definition) is 4. The molecule has 2 aromatic rings. The molecule has 0 spiro atoms. The zero-order chi connectivity index (χ0) is 16.6. The summed E-state index contributed by atoms with van der Waals surface area (Å²) in [5.74, 6) is -0.124. The molecular weight excluding hydrogens is 294 g/mol. The Kier molecular flexibility index (Phi) is 4.21. The van der Waals surface area contributed by atoms with Crippen molar-refractivity contribution in [2.24, 2.45) is 14.1 Å². The number of aryl methyl sites for hydroxylation is 3. The summed E-state index contributed by atoms with van der Waals surface area (Å²) in [5.41, 5.74) is 4.25. The summed E-state index contributed by atoms with van der Waals surface area (Å²) >= 11 is 0. The molecule has 1 aliphatic heterocycles. The van der Waals surface area contributed by atoms with E-state index in [1.165, 1.54) is 0 Å². The van der Waals surface area contributed by atoms with E-state index in [0.29, 0.717) is 12.2 Å². The van der Waals surface area contributed by atoms with Crippen molar-refractivity contribution in [1.29, 1.82) is 0 Å². The highest BCUT2D eigenvalue weighted by Crippen LogP contribution is 2.25. The van der Waals surface area contributed by atoms with Gasteiger partial charge in [0.2, 0.25) is 0 Å². The molecule has 2 aromatic heterocycles. The summed E-state index contributed by atoms with van der Waals surface area (Å²) in [6.45, 7) is 5.29. The van der Waals surface area contributed by atoms with E-state index in [2.05, 4.69) is 15.5 Å². The van der Waals surface area contributed by atoms with Gasteiger partial charge in [-0.05, 0) is 32.8 Å². The lowest BCUT2D eigenvalue weighted by Crippen LogP contribution is -2.32. The van der Waals surface area contributed by atoms with Crippen LogP contribution in [0.1, 0.15) is 34.7 Å². The second kappa shape index (κ2) is 6.16. The number of amides is 1. The molecule has 0 saturated carbocycles. The Morgan fingerprint density at radius 1 is 1.35 bits per heavy atom. The molecule has 0 bridgehead atoms. The van der Waals surface area contributed by atoms with Crippen LogP contribution >= 0.6 is 0 Å². The Balaban J connectivity index is 1.78. The van der Waals surface area contributed by atoms with Crippen molar-refractivity contribution >= 4 is 5.91 Å². The molecule has 0 aromatic carbocycles. The van der Waals surface area contributed by atoms with Crippen molar-refractivity contribution in [2.45, 2.75) is 32.8 Å². The minimum absolute atomic E-state index is 0.124. The van der Waals surface area contributed by atoms with Crippen molar-refractivity contribution in [3.8, 4) is 11.3 Å². The van der Waals surface area contributed by atoms with Crippen LogP contribution in [0.3, 0.4) is 0 Å². The van der Waals surface area contributed by atoms with Crippen molar-refractivity contribution in [1.82, 2.24) is 24.9 Å². The SMILES string of the molecule is Cc1nn(C)c(C)c1-c1cc(C(=O)NC[C@@H]2CCCO2)n(C)n1. The predicted molar refractivity (Wildman–Crippen MR) is 86.2 cm³/mol. The van der Waals surface area contributed by atoms with Gasteiger partial charge in [-0.2, -0.15) is 10.2 Å². The first-order valence-electron chi connectivity index (χ1n) is 7.91. The van der Waals surface area contributed by atoms with E-state index in [9.17, 15) is 4.79 Å². The van der Waals surface area contributed by atoms with Crippen LogP contribution in [0, 0.1) is 13.8 Å². The lowest BCUT2D eigenvalue weighted by molar-refractivity contribution is 0.0850. The first-order valence-corrected chi connectivity index (χ1v) is 7.91. The van der Waals surface area contributed by atoms with Gasteiger partial charge in [-0.1, -0.05) is 0 Å². The topological polar surface area (TPSA) is 74.0 Å². The van der Waals surface area contributed by atoms with Crippen LogP contribution in [0.5, 0.6) is 0 Å². The maximum Gasteiger partial charge on any atom is 0.269 e. The second-order valence-electron chi connectivity index (χ2n) is 6.05. The lowest BCUT2D eigenvalue weighted by Gasteiger charge is -2.10. The second-order valence-corrected chi connectivity index (χ2v) is 6.05. The van der Waals surface area contributed by atoms with Gasteiger partial charge in [-0.15, -0.1) is 0 Å². The van der Waals surface area contributed by atoms with Crippen LogP contribution in [0.25, 0.3) is 11.3 Å². The molecule has 1 N–H and O–H groups in total. The quantitative estimate of drug-likeness (QED) is 0.923. The summed E-state index contributed by atoms with van der Waals surface area (Å²) in [4.78, 5) is 12.4. The molecule has 1 saturated heterocycles. The molecule has 1 aliphatic rings. The molecule has 3 rings (SSSR count). The number of carbonyl (C=O) groups excluding carboxylic acids is 1. The molecule has 1 amide bonds. The molecule has 7 nitrogen and oxygen atoms in total. The van der Waals surface area contributed by atoms with Crippen LogP contribution in [-0.4, -0.2) is 44.7 Å². The Morgan fingerprint density at radius 2 is 2.13 bits per heavy atom. The van der Waals surface area contributed by atoms with E-state index in [0.717, 1.165) is 42.1 Å². The van der Waals surface area contributed by atoms with Gasteiger partial charge in [-0.3, -0.25) is 14.2 Å². The lowest BCUT2D eigenvalue weighted by atomic mass is 10.1. The molecule has 0 radical (unpaired) electrons. The number of ether oxygens (including phenoxy) is 1. The summed E-state index contributed by atoms with van der Waals surface area (Å²) in [5, 5.41) is 11.8. The Hall–Kier alpha value is -2.15. The Labute approximate surface area is 135 Å². The van der Waals surface area contributed by atoms with Crippen molar-refractivity contribution < 1.29 is 9.53 Å². The number of nitrogens with zero attached hydrogens (tertiary/aromatic N) is 4. The van der Waals surface area contributed by atoms with E-state index in [1.807, 2.05) is 31.6 Å². The third kappa shape index (κ3) is 3.01. The van der Waals surface area contributed by atoms with Crippen molar-refractivity contribution in [2.75, 3.05) is 13.2 Å². The predicted octanol–water partition coefficient (Wildman–Crippen LogP) is 1.35. The fraction of sp³-hybridized carbons (Fsp3) is 0.562. The number of hydrogen-bond donors (Lipinski definition) is 1. The highest BCUT2D eigenvalue weighted by Gasteiger charge is 2.21. The van der Waals surface area contributed by atoms with Crippen molar-refractivity contribution in [3.05, 3.63) is 23.1 Å². The van der Waals surface area contributed by atoms with Crippen LogP contribution in [0.2, 0.25) is 0 Å². The number of rotatable bonds is 4. The zero-order valence-electron chi connectivity index (χ0n) is 14.1. The zero-order valence-corrected chi connectivity index (χ0v) is 14.1. The summed E-state index contributed by atoms with van der Waals surface area (Å²) in [7, 11) is 3.69. The van der Waals surface area contributed by atoms with Crippen LogP contribution in [-0.2, 0) is 18.8 Å². The molecule has 0 aliphatic carbocycles. The summed E-state index contributed by atoms with van der Waals surface area (Å²) in [6.07, 6.45) is 2.20. The van der Waals surface area contributed by atoms with E-state index < -0.39 is 0 Å². The molecular formula is C16H23N5O2. The van der Waals surface area contributed by atoms with Gasteiger partial charge in [-0.25, -0.2) is 0 Å². The first-order chi connectivity index (χ1) is 11.0. The summed E-state index contributed by atoms with van der Waals surface area (Å²) in [6, 6.07) is 1.82. The molecule has 1 fully saturated rings. The van der Waals surface area contributed by atoms with E-state index >= 15 is 0 Å². The molecule has 124 valence electrons. The van der Waals surface area contributed by atoms with Gasteiger partial charge in [0.25, 0.3) is 5.91 Å². The number of carbonyl (C=O) groups is 1. The molecule has 23 heavy (non-hydrogen) atoms. The van der Waals surface area contributed by atoms with Gasteiger partial charge >= 0.3 is 0 Å². The molecule has 0 unspecified atom stereocenters. The van der Waals surface area contributed by atoms with E-state index in [-0.39, 0.29) is 12.0 Å². The van der Waals surface area contributed by atoms with Crippen LogP contribution in [0.4, 0.5) is 0 Å². The van der Waals surface area contributed by atoms with Gasteiger partial charge in [0.1, 0.15) is 5.69 Å². The third-order valence-corrected chi connectivity index (χ3v) is 4.39. The number of aromatic nitrogens is 4. The van der Waals surface area contributed by atoms with Gasteiger partial charge < -0.3 is 10.1 Å². The van der Waals surface area contributed by atoms with Gasteiger partial charge in [0, 0.05) is 38.5 Å². The fourth-order valence-electron chi connectivity index (χ4n) is 3.05. The maximum absolute atomic E-state index is 12.4. The average Bonchev–Trinajstić information content (AvgIpc) is 3.19. The fourth-order valence-corrected chi connectivity index (χ4v) is 3.05. The largest absolute Gasteiger partial charge is 0.376 e. The first kappa shape index (κ1) is 15.7.